The van der Waals surface area contributed by atoms with Gasteiger partial charge in [0.05, 0.1) is 0 Å². The van der Waals surface area contributed by atoms with Crippen molar-refractivity contribution in [2.24, 2.45) is 0 Å². The summed E-state index contributed by atoms with van der Waals surface area (Å²) in [5, 5.41) is 0. The molecule has 0 aliphatic carbocycles. The SMILES string of the molecule is CCCCCCc1ccc(-c2ccc(-c3nc(-c4ccc(-c5ccc(C(C)CC)cc5)cc4)nc(-c4ccc(-c5ccc(C(C)(CC)CC)cc5)cc4)n3)cc2)cc1. The molecule has 7 rings (SSSR count). The first-order valence-corrected chi connectivity index (χ1v) is 21.7. The van der Waals surface area contributed by atoms with E-state index in [1.165, 1.54) is 75.8 Å². The van der Waals surface area contributed by atoms with Gasteiger partial charge < -0.3 is 0 Å². The second kappa shape index (κ2) is 18.7. The van der Waals surface area contributed by atoms with Crippen molar-refractivity contribution in [3.05, 3.63) is 162 Å². The first-order chi connectivity index (χ1) is 28.3. The van der Waals surface area contributed by atoms with Gasteiger partial charge in [-0.05, 0) is 93.5 Å². The lowest BCUT2D eigenvalue weighted by Gasteiger charge is -2.27. The van der Waals surface area contributed by atoms with E-state index in [9.17, 15) is 0 Å². The maximum absolute atomic E-state index is 5.09. The summed E-state index contributed by atoms with van der Waals surface area (Å²) in [5.41, 5.74) is 14.4. The third-order valence-corrected chi connectivity index (χ3v) is 12.6. The van der Waals surface area contributed by atoms with Crippen LogP contribution in [-0.2, 0) is 11.8 Å². The number of rotatable bonds is 16. The van der Waals surface area contributed by atoms with Gasteiger partial charge in [-0.2, -0.15) is 0 Å². The molecule has 58 heavy (non-hydrogen) atoms. The molecule has 6 aromatic carbocycles. The van der Waals surface area contributed by atoms with Crippen LogP contribution < -0.4 is 0 Å². The van der Waals surface area contributed by atoms with E-state index in [4.69, 9.17) is 15.0 Å². The molecule has 0 fully saturated rings. The second-order valence-corrected chi connectivity index (χ2v) is 16.3. The van der Waals surface area contributed by atoms with Gasteiger partial charge in [-0.1, -0.05) is 206 Å². The molecule has 0 bridgehead atoms. The number of unbranched alkanes of at least 4 members (excludes halogenated alkanes) is 3. The van der Waals surface area contributed by atoms with Gasteiger partial charge in [-0.25, -0.2) is 15.0 Å². The fraction of sp³-hybridized carbons (Fsp3) is 0.291. The van der Waals surface area contributed by atoms with Crippen molar-refractivity contribution in [1.29, 1.82) is 0 Å². The van der Waals surface area contributed by atoms with E-state index in [2.05, 4.69) is 187 Å². The Hall–Kier alpha value is -5.67. The van der Waals surface area contributed by atoms with Crippen molar-refractivity contribution in [3.63, 3.8) is 0 Å². The third-order valence-electron chi connectivity index (χ3n) is 12.6. The standard InChI is InChI=1S/C55H59N3/c1-7-11-12-13-14-40-15-17-42(18-16-40)44-23-29-48(30-24-44)52-56-53(49-31-25-45(26-32-49)43-21-19-41(20-22-43)39(5)8-2)58-54(57-52)50-33-27-46(28-34-50)47-35-37-51(38-36-47)55(6,9-3)10-4/h15-39H,7-14H2,1-6H3. The summed E-state index contributed by atoms with van der Waals surface area (Å²) >= 11 is 0. The molecule has 0 aliphatic heterocycles. The van der Waals surface area contributed by atoms with E-state index in [0.717, 1.165) is 42.4 Å². The summed E-state index contributed by atoms with van der Waals surface area (Å²) in [6.07, 6.45) is 9.67. The number of aryl methyl sites for hydroxylation is 1. The van der Waals surface area contributed by atoms with Gasteiger partial charge in [0, 0.05) is 16.7 Å². The van der Waals surface area contributed by atoms with E-state index < -0.39 is 0 Å². The second-order valence-electron chi connectivity index (χ2n) is 16.3. The minimum atomic E-state index is 0.203. The van der Waals surface area contributed by atoms with Gasteiger partial charge in [-0.15, -0.1) is 0 Å². The molecule has 1 heterocycles. The van der Waals surface area contributed by atoms with Crippen LogP contribution in [0.15, 0.2) is 146 Å². The molecule has 294 valence electrons. The van der Waals surface area contributed by atoms with Crippen molar-refractivity contribution in [2.45, 2.75) is 104 Å². The highest BCUT2D eigenvalue weighted by molar-refractivity contribution is 5.74. The summed E-state index contributed by atoms with van der Waals surface area (Å²) in [5.74, 6) is 2.54. The molecule has 3 heteroatoms. The molecule has 0 amide bonds. The normalized spacial score (nSPS) is 12.1. The fourth-order valence-electron chi connectivity index (χ4n) is 7.78. The Labute approximate surface area is 347 Å². The summed E-state index contributed by atoms with van der Waals surface area (Å²) < 4.78 is 0. The number of hydrogen-bond acceptors (Lipinski definition) is 3. The maximum Gasteiger partial charge on any atom is 0.164 e. The molecule has 0 radical (unpaired) electrons. The molecule has 0 aliphatic rings. The fourth-order valence-corrected chi connectivity index (χ4v) is 7.78. The largest absolute Gasteiger partial charge is 0.208 e. The minimum absolute atomic E-state index is 0.203. The summed E-state index contributed by atoms with van der Waals surface area (Å²) in [4.78, 5) is 15.3. The van der Waals surface area contributed by atoms with Crippen LogP contribution in [0.2, 0.25) is 0 Å². The van der Waals surface area contributed by atoms with Crippen molar-refractivity contribution in [3.8, 4) is 67.5 Å². The molecule has 7 aromatic rings. The number of nitrogens with zero attached hydrogens (tertiary/aromatic N) is 3. The van der Waals surface area contributed by atoms with Crippen LogP contribution in [0.25, 0.3) is 67.5 Å². The zero-order valence-electron chi connectivity index (χ0n) is 35.4. The molecule has 0 spiro atoms. The Kier molecular flexibility index (Phi) is 13.1. The van der Waals surface area contributed by atoms with Crippen molar-refractivity contribution in [1.82, 2.24) is 15.0 Å². The Balaban J connectivity index is 1.18. The van der Waals surface area contributed by atoms with Crippen molar-refractivity contribution < 1.29 is 0 Å². The van der Waals surface area contributed by atoms with Gasteiger partial charge in [0.15, 0.2) is 17.5 Å². The van der Waals surface area contributed by atoms with Gasteiger partial charge in [0.25, 0.3) is 0 Å². The van der Waals surface area contributed by atoms with E-state index in [-0.39, 0.29) is 5.41 Å². The molecule has 1 unspecified atom stereocenters. The Morgan fingerprint density at radius 3 is 1.12 bits per heavy atom. The average molecular weight is 762 g/mol. The molecule has 1 aromatic heterocycles. The zero-order valence-corrected chi connectivity index (χ0v) is 35.4. The van der Waals surface area contributed by atoms with Crippen LogP contribution in [0.1, 0.15) is 109 Å². The van der Waals surface area contributed by atoms with Crippen LogP contribution in [0, 0.1) is 0 Å². The number of aromatic nitrogens is 3. The third kappa shape index (κ3) is 9.37. The molecule has 0 saturated heterocycles. The van der Waals surface area contributed by atoms with Crippen molar-refractivity contribution in [2.75, 3.05) is 0 Å². The molecule has 0 saturated carbocycles. The topological polar surface area (TPSA) is 38.7 Å². The highest BCUT2D eigenvalue weighted by Crippen LogP contribution is 2.34. The first-order valence-electron chi connectivity index (χ1n) is 21.7. The van der Waals surface area contributed by atoms with Gasteiger partial charge >= 0.3 is 0 Å². The first kappa shape index (κ1) is 40.5. The van der Waals surface area contributed by atoms with E-state index in [0.29, 0.717) is 23.4 Å². The highest BCUT2D eigenvalue weighted by atomic mass is 15.0. The Bertz CT molecular complexity index is 2350. The predicted molar refractivity (Wildman–Crippen MR) is 247 cm³/mol. The average Bonchev–Trinajstić information content (AvgIpc) is 3.30. The monoisotopic (exact) mass is 761 g/mol. The summed E-state index contributed by atoms with van der Waals surface area (Å²) in [6.45, 7) is 13.7. The smallest absolute Gasteiger partial charge is 0.164 e. The maximum atomic E-state index is 5.09. The summed E-state index contributed by atoms with van der Waals surface area (Å²) in [6, 6.07) is 53.0. The van der Waals surface area contributed by atoms with E-state index in [1.54, 1.807) is 0 Å². The van der Waals surface area contributed by atoms with Crippen LogP contribution in [0.4, 0.5) is 0 Å². The Morgan fingerprint density at radius 1 is 0.414 bits per heavy atom. The quantitative estimate of drug-likeness (QED) is 0.0921. The molecular weight excluding hydrogens is 703 g/mol. The lowest BCUT2D eigenvalue weighted by molar-refractivity contribution is 0.439. The molecule has 1 atom stereocenters. The zero-order chi connectivity index (χ0) is 40.5. The van der Waals surface area contributed by atoms with Gasteiger partial charge in [0.2, 0.25) is 0 Å². The summed E-state index contributed by atoms with van der Waals surface area (Å²) in [7, 11) is 0. The van der Waals surface area contributed by atoms with E-state index >= 15 is 0 Å². The van der Waals surface area contributed by atoms with Crippen LogP contribution in [0.3, 0.4) is 0 Å². The van der Waals surface area contributed by atoms with E-state index in [1.807, 2.05) is 0 Å². The lowest BCUT2D eigenvalue weighted by atomic mass is 9.77. The Morgan fingerprint density at radius 2 is 0.759 bits per heavy atom. The number of benzene rings is 6. The molecule has 3 nitrogen and oxygen atoms in total. The molecule has 0 N–H and O–H groups in total. The van der Waals surface area contributed by atoms with Crippen molar-refractivity contribution >= 4 is 0 Å². The minimum Gasteiger partial charge on any atom is -0.208 e. The van der Waals surface area contributed by atoms with Gasteiger partial charge in [0.1, 0.15) is 0 Å². The lowest BCUT2D eigenvalue weighted by Crippen LogP contribution is -2.19. The van der Waals surface area contributed by atoms with Gasteiger partial charge in [-0.3, -0.25) is 0 Å². The van der Waals surface area contributed by atoms with Crippen LogP contribution in [-0.4, -0.2) is 15.0 Å². The molecular formula is C55H59N3. The highest BCUT2D eigenvalue weighted by Gasteiger charge is 2.22. The number of hydrogen-bond donors (Lipinski definition) is 0. The predicted octanol–water partition coefficient (Wildman–Crippen LogP) is 15.6. The van der Waals surface area contributed by atoms with Crippen LogP contribution in [0.5, 0.6) is 0 Å². The van der Waals surface area contributed by atoms with Crippen LogP contribution >= 0.6 is 0 Å².